The first-order valence-electron chi connectivity index (χ1n) is 11.1. The van der Waals surface area contributed by atoms with Gasteiger partial charge in [0.1, 0.15) is 0 Å². The second kappa shape index (κ2) is 8.62. The number of carbonyl (C=O) groups excluding carboxylic acids is 2. The maximum atomic E-state index is 13.1. The third-order valence-electron chi connectivity index (χ3n) is 6.52. The van der Waals surface area contributed by atoms with Crippen LogP contribution in [0.15, 0.2) is 10.9 Å². The van der Waals surface area contributed by atoms with Crippen molar-refractivity contribution >= 4 is 17.5 Å². The number of nitrogens with one attached hydrogen (secondary N) is 1. The molecule has 1 N–H and O–H groups in total. The van der Waals surface area contributed by atoms with Gasteiger partial charge in [-0.3, -0.25) is 19.5 Å². The van der Waals surface area contributed by atoms with Gasteiger partial charge in [0.05, 0.1) is 0 Å². The summed E-state index contributed by atoms with van der Waals surface area (Å²) in [5.41, 5.74) is 2.69. The van der Waals surface area contributed by atoms with Crippen molar-refractivity contribution in [1.82, 2.24) is 24.4 Å². The maximum absolute atomic E-state index is 13.1. The van der Waals surface area contributed by atoms with E-state index in [0.29, 0.717) is 42.7 Å². The van der Waals surface area contributed by atoms with Gasteiger partial charge in [-0.1, -0.05) is 6.92 Å². The molecule has 1 atom stereocenters. The summed E-state index contributed by atoms with van der Waals surface area (Å²) in [6.45, 7) is 6.79. The number of carbonyl (C=O) groups is 2. The highest BCUT2D eigenvalue weighted by atomic mass is 16.2. The van der Waals surface area contributed by atoms with E-state index in [-0.39, 0.29) is 23.3 Å². The van der Waals surface area contributed by atoms with Crippen molar-refractivity contribution in [2.75, 3.05) is 26.2 Å². The van der Waals surface area contributed by atoms with Gasteiger partial charge in [-0.15, -0.1) is 0 Å². The molecule has 2 aliphatic rings. The highest BCUT2D eigenvalue weighted by Crippen LogP contribution is 2.27. The second-order valence-electron chi connectivity index (χ2n) is 8.51. The fourth-order valence-corrected chi connectivity index (χ4v) is 4.68. The minimum absolute atomic E-state index is 0.123. The molecule has 0 aliphatic carbocycles. The summed E-state index contributed by atoms with van der Waals surface area (Å²) < 4.78 is 1.49. The van der Waals surface area contributed by atoms with Crippen molar-refractivity contribution < 1.29 is 9.59 Å². The summed E-state index contributed by atoms with van der Waals surface area (Å²) in [7, 11) is 0. The Labute approximate surface area is 176 Å². The van der Waals surface area contributed by atoms with Crippen LogP contribution in [0.5, 0.6) is 0 Å². The monoisotopic (exact) mass is 413 g/mol. The maximum Gasteiger partial charge on any atom is 0.276 e. The summed E-state index contributed by atoms with van der Waals surface area (Å²) in [5.74, 6) is 0.476. The topological polar surface area (TPSA) is 90.8 Å². The Bertz CT molecular complexity index is 1000. The molecule has 0 bridgehead atoms. The SMILES string of the molecule is CCC(=O)N1CC[C@@H](c2cc3nc(C)c(CCC(=O)N4CCCCC4)c(=O)n3[nH]2)C1. The van der Waals surface area contributed by atoms with Gasteiger partial charge in [-0.2, -0.15) is 0 Å². The highest BCUT2D eigenvalue weighted by Gasteiger charge is 2.28. The number of fused-ring (bicyclic) bond motifs is 1. The molecule has 0 radical (unpaired) electrons. The molecule has 0 saturated carbocycles. The zero-order valence-electron chi connectivity index (χ0n) is 17.9. The molecule has 2 aromatic rings. The molecule has 2 fully saturated rings. The van der Waals surface area contributed by atoms with Crippen LogP contribution in [0.25, 0.3) is 5.65 Å². The molecular formula is C22H31N5O3. The lowest BCUT2D eigenvalue weighted by atomic mass is 10.1. The molecule has 162 valence electrons. The number of rotatable bonds is 5. The number of hydrogen-bond donors (Lipinski definition) is 1. The van der Waals surface area contributed by atoms with Crippen LogP contribution in [-0.2, 0) is 16.0 Å². The lowest BCUT2D eigenvalue weighted by Crippen LogP contribution is -2.36. The number of likely N-dealkylation sites (tertiary alicyclic amines) is 2. The first-order valence-corrected chi connectivity index (χ1v) is 11.1. The van der Waals surface area contributed by atoms with Gasteiger partial charge < -0.3 is 9.80 Å². The molecule has 0 unspecified atom stereocenters. The lowest BCUT2D eigenvalue weighted by molar-refractivity contribution is -0.132. The minimum Gasteiger partial charge on any atom is -0.343 e. The van der Waals surface area contributed by atoms with Crippen LogP contribution in [-0.4, -0.2) is 62.4 Å². The van der Waals surface area contributed by atoms with E-state index in [1.807, 2.05) is 29.7 Å². The molecular weight excluding hydrogens is 382 g/mol. The van der Waals surface area contributed by atoms with E-state index < -0.39 is 0 Å². The minimum atomic E-state index is -0.130. The molecule has 30 heavy (non-hydrogen) atoms. The number of amides is 2. The van der Waals surface area contributed by atoms with Crippen LogP contribution in [0.3, 0.4) is 0 Å². The fourth-order valence-electron chi connectivity index (χ4n) is 4.68. The molecule has 0 spiro atoms. The largest absolute Gasteiger partial charge is 0.343 e. The number of piperidine rings is 1. The molecule has 4 rings (SSSR count). The first kappa shape index (κ1) is 20.6. The number of aryl methyl sites for hydroxylation is 1. The number of H-pyrrole nitrogens is 1. The molecule has 2 aliphatic heterocycles. The molecule has 2 saturated heterocycles. The average Bonchev–Trinajstić information content (AvgIpc) is 3.41. The third-order valence-corrected chi connectivity index (χ3v) is 6.52. The quantitative estimate of drug-likeness (QED) is 0.812. The fraction of sp³-hybridized carbons (Fsp3) is 0.636. The predicted molar refractivity (Wildman–Crippen MR) is 114 cm³/mol. The van der Waals surface area contributed by atoms with Gasteiger partial charge >= 0.3 is 0 Å². The first-order chi connectivity index (χ1) is 14.5. The molecule has 2 amide bonds. The van der Waals surface area contributed by atoms with Crippen molar-refractivity contribution in [3.8, 4) is 0 Å². The van der Waals surface area contributed by atoms with Gasteiger partial charge in [0, 0.05) is 68.0 Å². The van der Waals surface area contributed by atoms with Crippen molar-refractivity contribution in [2.45, 2.75) is 64.7 Å². The van der Waals surface area contributed by atoms with Gasteiger partial charge in [0.25, 0.3) is 5.56 Å². The van der Waals surface area contributed by atoms with E-state index in [4.69, 9.17) is 0 Å². The van der Waals surface area contributed by atoms with E-state index in [0.717, 1.165) is 44.6 Å². The van der Waals surface area contributed by atoms with E-state index >= 15 is 0 Å². The van der Waals surface area contributed by atoms with Crippen molar-refractivity contribution in [2.24, 2.45) is 0 Å². The Morgan fingerprint density at radius 1 is 1.13 bits per heavy atom. The summed E-state index contributed by atoms with van der Waals surface area (Å²) in [4.78, 5) is 46.0. The molecule has 4 heterocycles. The normalized spacial score (nSPS) is 19.6. The van der Waals surface area contributed by atoms with E-state index in [1.165, 1.54) is 10.9 Å². The van der Waals surface area contributed by atoms with E-state index in [1.54, 1.807) is 0 Å². The van der Waals surface area contributed by atoms with E-state index in [9.17, 15) is 14.4 Å². The molecule has 8 heteroatoms. The Morgan fingerprint density at radius 2 is 1.90 bits per heavy atom. The van der Waals surface area contributed by atoms with Gasteiger partial charge in [0.15, 0.2) is 5.65 Å². The van der Waals surface area contributed by atoms with Gasteiger partial charge in [0.2, 0.25) is 11.8 Å². The number of hydrogen-bond acceptors (Lipinski definition) is 4. The van der Waals surface area contributed by atoms with Crippen molar-refractivity contribution in [3.63, 3.8) is 0 Å². The smallest absolute Gasteiger partial charge is 0.276 e. The summed E-state index contributed by atoms with van der Waals surface area (Å²) >= 11 is 0. The Hall–Kier alpha value is -2.64. The van der Waals surface area contributed by atoms with Crippen LogP contribution in [0.2, 0.25) is 0 Å². The number of aromatic nitrogens is 3. The second-order valence-corrected chi connectivity index (χ2v) is 8.51. The summed E-state index contributed by atoms with van der Waals surface area (Å²) in [5, 5.41) is 3.21. The lowest BCUT2D eigenvalue weighted by Gasteiger charge is -2.26. The number of nitrogens with zero attached hydrogens (tertiary/aromatic N) is 4. The van der Waals surface area contributed by atoms with Crippen molar-refractivity contribution in [1.29, 1.82) is 0 Å². The molecule has 0 aromatic carbocycles. The van der Waals surface area contributed by atoms with Crippen LogP contribution in [0, 0.1) is 6.92 Å². The van der Waals surface area contributed by atoms with Gasteiger partial charge in [-0.25, -0.2) is 9.50 Å². The Kier molecular flexibility index (Phi) is 5.92. The van der Waals surface area contributed by atoms with Crippen LogP contribution < -0.4 is 5.56 Å². The zero-order valence-corrected chi connectivity index (χ0v) is 17.9. The van der Waals surface area contributed by atoms with E-state index in [2.05, 4.69) is 10.1 Å². The van der Waals surface area contributed by atoms with Crippen LogP contribution in [0.1, 0.15) is 68.3 Å². The Morgan fingerprint density at radius 3 is 2.63 bits per heavy atom. The van der Waals surface area contributed by atoms with Crippen molar-refractivity contribution in [3.05, 3.63) is 33.4 Å². The highest BCUT2D eigenvalue weighted by molar-refractivity contribution is 5.76. The molecule has 2 aromatic heterocycles. The third kappa shape index (κ3) is 4.00. The summed E-state index contributed by atoms with van der Waals surface area (Å²) in [6, 6.07) is 1.92. The predicted octanol–water partition coefficient (Wildman–Crippen LogP) is 2.00. The van der Waals surface area contributed by atoms with Crippen LogP contribution >= 0.6 is 0 Å². The van der Waals surface area contributed by atoms with Crippen LogP contribution in [0.4, 0.5) is 0 Å². The zero-order chi connectivity index (χ0) is 21.3. The summed E-state index contributed by atoms with van der Waals surface area (Å²) in [6.07, 6.45) is 5.46. The number of aromatic amines is 1. The standard InChI is InChI=1S/C22H31N5O3/c1-3-20(28)26-12-9-16(14-26)18-13-19-23-15(2)17(22(30)27(19)24-18)7-8-21(29)25-10-5-4-6-11-25/h13,16,24H,3-12,14H2,1-2H3/t16-/m1/s1. The Balaban J connectivity index is 1.51. The molecule has 8 nitrogen and oxygen atoms in total. The average molecular weight is 414 g/mol. The van der Waals surface area contributed by atoms with Gasteiger partial charge in [-0.05, 0) is 39.0 Å².